The third kappa shape index (κ3) is 4.36. The van der Waals surface area contributed by atoms with Crippen LogP contribution in [0.3, 0.4) is 0 Å². The van der Waals surface area contributed by atoms with Crippen molar-refractivity contribution >= 4 is 5.91 Å². The van der Waals surface area contributed by atoms with Gasteiger partial charge in [0.05, 0.1) is 13.2 Å². The fraction of sp³-hybridized carbons (Fsp3) is 0.562. The highest BCUT2D eigenvalue weighted by Gasteiger charge is 2.22. The Kier molecular flexibility index (Phi) is 5.87. The normalized spacial score (nSPS) is 19.0. The summed E-state index contributed by atoms with van der Waals surface area (Å²) in [7, 11) is 1.58. The monoisotopic (exact) mass is 293 g/mol. The van der Waals surface area contributed by atoms with E-state index in [1.165, 1.54) is 0 Å². The third-order valence-corrected chi connectivity index (χ3v) is 3.53. The molecule has 1 amide bonds. The Morgan fingerprint density at radius 2 is 2.19 bits per heavy atom. The van der Waals surface area contributed by atoms with Crippen molar-refractivity contribution in [2.24, 2.45) is 0 Å². The van der Waals surface area contributed by atoms with Crippen molar-refractivity contribution in [1.29, 1.82) is 0 Å². The zero-order chi connectivity index (χ0) is 15.1. The molecule has 0 spiro atoms. The largest absolute Gasteiger partial charge is 0.493 e. The van der Waals surface area contributed by atoms with Crippen molar-refractivity contribution in [3.8, 4) is 11.5 Å². The molecule has 21 heavy (non-hydrogen) atoms. The minimum atomic E-state index is -0.525. The van der Waals surface area contributed by atoms with Crippen molar-refractivity contribution in [2.45, 2.75) is 38.4 Å². The summed E-state index contributed by atoms with van der Waals surface area (Å²) >= 11 is 0. The number of ether oxygens (including phenoxy) is 3. The first-order chi connectivity index (χ1) is 10.2. The summed E-state index contributed by atoms with van der Waals surface area (Å²) in [6.07, 6.45) is 2.27. The van der Waals surface area contributed by atoms with Crippen LogP contribution in [0.5, 0.6) is 11.5 Å². The number of rotatable bonds is 7. The Morgan fingerprint density at radius 3 is 2.81 bits per heavy atom. The lowest BCUT2D eigenvalue weighted by atomic mass is 10.2. The SMILES string of the molecule is CC[C@@H](Oc1ccccc1OC)C(=O)NC[C@@H]1CCCO1. The third-order valence-electron chi connectivity index (χ3n) is 3.53. The lowest BCUT2D eigenvalue weighted by Gasteiger charge is -2.19. The summed E-state index contributed by atoms with van der Waals surface area (Å²) < 4.78 is 16.5. The zero-order valence-electron chi connectivity index (χ0n) is 12.6. The van der Waals surface area contributed by atoms with Crippen LogP contribution in [0.15, 0.2) is 24.3 Å². The number of carbonyl (C=O) groups is 1. The molecule has 1 aromatic rings. The van der Waals surface area contributed by atoms with Crippen molar-refractivity contribution < 1.29 is 19.0 Å². The molecule has 1 N–H and O–H groups in total. The molecule has 0 unspecified atom stereocenters. The molecule has 1 fully saturated rings. The summed E-state index contributed by atoms with van der Waals surface area (Å²) in [6.45, 7) is 3.26. The van der Waals surface area contributed by atoms with E-state index in [9.17, 15) is 4.79 Å². The number of nitrogens with one attached hydrogen (secondary N) is 1. The van der Waals surface area contributed by atoms with E-state index < -0.39 is 6.10 Å². The van der Waals surface area contributed by atoms with Gasteiger partial charge >= 0.3 is 0 Å². The van der Waals surface area contributed by atoms with Gasteiger partial charge in [-0.1, -0.05) is 19.1 Å². The number of amides is 1. The van der Waals surface area contributed by atoms with Crippen LogP contribution in [-0.4, -0.2) is 38.4 Å². The van der Waals surface area contributed by atoms with Crippen LogP contribution in [0, 0.1) is 0 Å². The Balaban J connectivity index is 1.90. The molecule has 2 rings (SSSR count). The highest BCUT2D eigenvalue weighted by Crippen LogP contribution is 2.27. The number of para-hydroxylation sites is 2. The topological polar surface area (TPSA) is 56.8 Å². The van der Waals surface area contributed by atoms with Crippen molar-refractivity contribution in [3.05, 3.63) is 24.3 Å². The van der Waals surface area contributed by atoms with Crippen molar-refractivity contribution in [3.63, 3.8) is 0 Å². The highest BCUT2D eigenvalue weighted by atomic mass is 16.5. The number of methoxy groups -OCH3 is 1. The Morgan fingerprint density at radius 1 is 1.43 bits per heavy atom. The van der Waals surface area contributed by atoms with Crippen LogP contribution < -0.4 is 14.8 Å². The molecular formula is C16H23NO4. The average molecular weight is 293 g/mol. The van der Waals surface area contributed by atoms with Crippen LogP contribution in [0.2, 0.25) is 0 Å². The standard InChI is InChI=1S/C16H23NO4/c1-3-13(16(18)17-11-12-7-6-10-20-12)21-15-9-5-4-8-14(15)19-2/h4-5,8-9,12-13H,3,6-7,10-11H2,1-2H3,(H,17,18)/t12-,13+/m0/s1. The minimum absolute atomic E-state index is 0.112. The van der Waals surface area contributed by atoms with Crippen LogP contribution in [0.1, 0.15) is 26.2 Å². The molecule has 0 aromatic heterocycles. The molecule has 1 aromatic carbocycles. The van der Waals surface area contributed by atoms with Gasteiger partial charge in [-0.05, 0) is 31.4 Å². The quantitative estimate of drug-likeness (QED) is 0.837. The van der Waals surface area contributed by atoms with E-state index in [4.69, 9.17) is 14.2 Å². The molecule has 2 atom stereocenters. The second-order valence-electron chi connectivity index (χ2n) is 5.05. The highest BCUT2D eigenvalue weighted by molar-refractivity contribution is 5.81. The second-order valence-corrected chi connectivity index (χ2v) is 5.05. The molecule has 1 heterocycles. The van der Waals surface area contributed by atoms with E-state index in [1.807, 2.05) is 25.1 Å². The maximum Gasteiger partial charge on any atom is 0.261 e. The van der Waals surface area contributed by atoms with Gasteiger partial charge in [-0.15, -0.1) is 0 Å². The second kappa shape index (κ2) is 7.88. The molecule has 0 radical (unpaired) electrons. The fourth-order valence-corrected chi connectivity index (χ4v) is 2.33. The Hall–Kier alpha value is -1.75. The number of benzene rings is 1. The smallest absolute Gasteiger partial charge is 0.261 e. The minimum Gasteiger partial charge on any atom is -0.493 e. The lowest BCUT2D eigenvalue weighted by Crippen LogP contribution is -2.41. The van der Waals surface area contributed by atoms with Crippen molar-refractivity contribution in [2.75, 3.05) is 20.3 Å². The molecule has 116 valence electrons. The maximum absolute atomic E-state index is 12.2. The first-order valence-corrected chi connectivity index (χ1v) is 7.43. The van der Waals surface area contributed by atoms with Gasteiger partial charge in [0.15, 0.2) is 17.6 Å². The average Bonchev–Trinajstić information content (AvgIpc) is 3.04. The van der Waals surface area contributed by atoms with E-state index in [2.05, 4.69) is 5.32 Å². The maximum atomic E-state index is 12.2. The molecule has 1 aliphatic rings. The van der Waals surface area contributed by atoms with Gasteiger partial charge in [0.2, 0.25) is 0 Å². The molecule has 5 heteroatoms. The Labute approximate surface area is 125 Å². The van der Waals surface area contributed by atoms with Gasteiger partial charge in [-0.25, -0.2) is 0 Å². The van der Waals surface area contributed by atoms with Gasteiger partial charge in [-0.3, -0.25) is 4.79 Å². The molecule has 0 bridgehead atoms. The molecular weight excluding hydrogens is 270 g/mol. The summed E-state index contributed by atoms with van der Waals surface area (Å²) in [5.74, 6) is 1.10. The summed E-state index contributed by atoms with van der Waals surface area (Å²) in [5, 5.41) is 2.90. The van der Waals surface area contributed by atoms with Crippen LogP contribution in [-0.2, 0) is 9.53 Å². The predicted octanol–water partition coefficient (Wildman–Crippen LogP) is 2.15. The van der Waals surface area contributed by atoms with Gasteiger partial charge in [0.1, 0.15) is 0 Å². The first-order valence-electron chi connectivity index (χ1n) is 7.43. The Bertz CT molecular complexity index is 457. The van der Waals surface area contributed by atoms with Crippen molar-refractivity contribution in [1.82, 2.24) is 5.32 Å². The van der Waals surface area contributed by atoms with Gasteiger partial charge in [0, 0.05) is 13.2 Å². The van der Waals surface area contributed by atoms with Crippen LogP contribution in [0.25, 0.3) is 0 Å². The molecule has 5 nitrogen and oxygen atoms in total. The molecule has 1 saturated heterocycles. The molecule has 0 saturated carbocycles. The lowest BCUT2D eigenvalue weighted by molar-refractivity contribution is -0.128. The number of carbonyl (C=O) groups excluding carboxylic acids is 1. The van der Waals surface area contributed by atoms with Gasteiger partial charge in [-0.2, -0.15) is 0 Å². The summed E-state index contributed by atoms with van der Waals surface area (Å²) in [6, 6.07) is 7.33. The van der Waals surface area contributed by atoms with Crippen LogP contribution in [0.4, 0.5) is 0 Å². The van der Waals surface area contributed by atoms with E-state index in [0.29, 0.717) is 24.5 Å². The van der Waals surface area contributed by atoms with E-state index in [1.54, 1.807) is 13.2 Å². The zero-order valence-corrected chi connectivity index (χ0v) is 12.6. The van der Waals surface area contributed by atoms with Gasteiger partial charge in [0.25, 0.3) is 5.91 Å². The number of hydrogen-bond donors (Lipinski definition) is 1. The van der Waals surface area contributed by atoms with E-state index >= 15 is 0 Å². The molecule has 0 aliphatic carbocycles. The summed E-state index contributed by atoms with van der Waals surface area (Å²) in [5.41, 5.74) is 0. The van der Waals surface area contributed by atoms with Crippen LogP contribution >= 0.6 is 0 Å². The predicted molar refractivity (Wildman–Crippen MR) is 79.7 cm³/mol. The molecule has 1 aliphatic heterocycles. The number of hydrogen-bond acceptors (Lipinski definition) is 4. The fourth-order valence-electron chi connectivity index (χ4n) is 2.33. The van der Waals surface area contributed by atoms with Gasteiger partial charge < -0.3 is 19.5 Å². The summed E-state index contributed by atoms with van der Waals surface area (Å²) in [4.78, 5) is 12.2. The first kappa shape index (κ1) is 15.6. The van der Waals surface area contributed by atoms with E-state index in [-0.39, 0.29) is 12.0 Å². The van der Waals surface area contributed by atoms with E-state index in [0.717, 1.165) is 19.4 Å².